The van der Waals surface area contributed by atoms with Gasteiger partial charge in [-0.3, -0.25) is 4.79 Å². The standard InChI is InChI=1S/C22H21ClN2O5/c1-29-12-7-8-18(30-2)15(9-12)21-20-14(13-5-3-4-6-16(13)24-20)10-17(22(27)28)25(21)19(26)11-23/h3-9,17,21,24H,10-11H2,1-2H3,(H,27,28)/t17-,21+/m1/s1. The fraction of sp³-hybridized carbons (Fsp3) is 0.273. The first-order valence-electron chi connectivity index (χ1n) is 9.41. The van der Waals surface area contributed by atoms with Crippen LogP contribution in [0.3, 0.4) is 0 Å². The molecule has 3 aromatic rings. The van der Waals surface area contributed by atoms with Crippen molar-refractivity contribution in [3.63, 3.8) is 0 Å². The number of ether oxygens (including phenoxy) is 2. The Hall–Kier alpha value is -3.19. The highest BCUT2D eigenvalue weighted by molar-refractivity contribution is 6.27. The summed E-state index contributed by atoms with van der Waals surface area (Å²) in [5, 5.41) is 10.9. The molecule has 0 unspecified atom stereocenters. The predicted octanol–water partition coefficient (Wildman–Crippen LogP) is 3.35. The number of amides is 1. The quantitative estimate of drug-likeness (QED) is 0.608. The number of carboxylic acids is 1. The number of aliphatic carboxylic acids is 1. The Morgan fingerprint density at radius 1 is 1.20 bits per heavy atom. The van der Waals surface area contributed by atoms with Gasteiger partial charge in [-0.05, 0) is 29.8 Å². The number of carbonyl (C=O) groups excluding carboxylic acids is 1. The van der Waals surface area contributed by atoms with Gasteiger partial charge in [-0.15, -0.1) is 11.6 Å². The number of fused-ring (bicyclic) bond motifs is 3. The monoisotopic (exact) mass is 428 g/mol. The van der Waals surface area contributed by atoms with Crippen molar-refractivity contribution >= 4 is 34.4 Å². The Kier molecular flexibility index (Phi) is 5.30. The molecule has 4 rings (SSSR count). The van der Waals surface area contributed by atoms with Crippen LogP contribution in [0, 0.1) is 0 Å². The number of hydrogen-bond acceptors (Lipinski definition) is 4. The van der Waals surface area contributed by atoms with Crippen LogP contribution in [0.25, 0.3) is 10.9 Å². The molecule has 0 aliphatic carbocycles. The Morgan fingerprint density at radius 3 is 2.63 bits per heavy atom. The first kappa shape index (κ1) is 20.1. The minimum absolute atomic E-state index is 0.181. The van der Waals surface area contributed by atoms with E-state index < -0.39 is 24.0 Å². The van der Waals surface area contributed by atoms with Crippen molar-refractivity contribution in [3.05, 3.63) is 59.3 Å². The van der Waals surface area contributed by atoms with Crippen LogP contribution in [-0.2, 0) is 16.0 Å². The molecular formula is C22H21ClN2O5. The van der Waals surface area contributed by atoms with Crippen molar-refractivity contribution in [2.45, 2.75) is 18.5 Å². The summed E-state index contributed by atoms with van der Waals surface area (Å²) in [4.78, 5) is 29.8. The van der Waals surface area contributed by atoms with Gasteiger partial charge in [0.2, 0.25) is 5.91 Å². The molecule has 1 amide bonds. The summed E-state index contributed by atoms with van der Waals surface area (Å²) in [5.41, 5.74) is 3.11. The molecule has 30 heavy (non-hydrogen) atoms. The van der Waals surface area contributed by atoms with Crippen LogP contribution in [0.15, 0.2) is 42.5 Å². The van der Waals surface area contributed by atoms with Gasteiger partial charge in [0, 0.05) is 28.6 Å². The predicted molar refractivity (Wildman–Crippen MR) is 112 cm³/mol. The summed E-state index contributed by atoms with van der Waals surface area (Å²) >= 11 is 5.90. The zero-order valence-electron chi connectivity index (χ0n) is 16.5. The van der Waals surface area contributed by atoms with Gasteiger partial charge in [-0.2, -0.15) is 0 Å². The third-order valence-electron chi connectivity index (χ3n) is 5.55. The molecular weight excluding hydrogens is 408 g/mol. The number of carbonyl (C=O) groups is 2. The van der Waals surface area contributed by atoms with Gasteiger partial charge >= 0.3 is 5.97 Å². The number of methoxy groups -OCH3 is 2. The number of aromatic nitrogens is 1. The number of carboxylic acid groups (broad SMARTS) is 1. The highest BCUT2D eigenvalue weighted by Gasteiger charge is 2.44. The van der Waals surface area contributed by atoms with Crippen molar-refractivity contribution in [2.75, 3.05) is 20.1 Å². The molecule has 1 aromatic heterocycles. The molecule has 0 saturated heterocycles. The van der Waals surface area contributed by atoms with Crippen LogP contribution >= 0.6 is 11.6 Å². The molecule has 8 heteroatoms. The summed E-state index contributed by atoms with van der Waals surface area (Å²) in [5.74, 6) is -0.801. The van der Waals surface area contributed by atoms with Crippen molar-refractivity contribution in [3.8, 4) is 11.5 Å². The van der Waals surface area contributed by atoms with Crippen LogP contribution in [0.1, 0.15) is 22.9 Å². The van der Waals surface area contributed by atoms with Gasteiger partial charge in [0.05, 0.1) is 14.2 Å². The van der Waals surface area contributed by atoms with E-state index in [4.69, 9.17) is 21.1 Å². The lowest BCUT2D eigenvalue weighted by Gasteiger charge is -2.40. The minimum atomic E-state index is -1.09. The number of alkyl halides is 1. The molecule has 0 radical (unpaired) electrons. The topological polar surface area (TPSA) is 91.9 Å². The van der Waals surface area contributed by atoms with E-state index >= 15 is 0 Å². The molecule has 0 spiro atoms. The number of hydrogen-bond donors (Lipinski definition) is 2. The molecule has 1 aliphatic heterocycles. The van der Waals surface area contributed by atoms with Gasteiger partial charge in [0.15, 0.2) is 0 Å². The average molecular weight is 429 g/mol. The molecule has 0 saturated carbocycles. The van der Waals surface area contributed by atoms with E-state index in [0.717, 1.165) is 22.2 Å². The van der Waals surface area contributed by atoms with E-state index in [9.17, 15) is 14.7 Å². The maximum Gasteiger partial charge on any atom is 0.326 e. The molecule has 2 N–H and O–H groups in total. The number of aromatic amines is 1. The number of halogens is 1. The van der Waals surface area contributed by atoms with Gasteiger partial charge in [-0.1, -0.05) is 18.2 Å². The van der Waals surface area contributed by atoms with Crippen LogP contribution in [0.4, 0.5) is 0 Å². The second-order valence-electron chi connectivity index (χ2n) is 7.07. The second kappa shape index (κ2) is 7.91. The normalized spacial score (nSPS) is 18.2. The van der Waals surface area contributed by atoms with Crippen molar-refractivity contribution < 1.29 is 24.2 Å². The second-order valence-corrected chi connectivity index (χ2v) is 7.33. The van der Waals surface area contributed by atoms with Crippen LogP contribution in [-0.4, -0.2) is 53.0 Å². The largest absolute Gasteiger partial charge is 0.497 e. The van der Waals surface area contributed by atoms with Crippen LogP contribution < -0.4 is 9.47 Å². The van der Waals surface area contributed by atoms with E-state index in [0.29, 0.717) is 17.1 Å². The minimum Gasteiger partial charge on any atom is -0.497 e. The molecule has 156 valence electrons. The summed E-state index contributed by atoms with van der Waals surface area (Å²) < 4.78 is 10.9. The lowest BCUT2D eigenvalue weighted by Crippen LogP contribution is -2.52. The van der Waals surface area contributed by atoms with E-state index in [-0.39, 0.29) is 12.3 Å². The zero-order chi connectivity index (χ0) is 21.4. The summed E-state index contributed by atoms with van der Waals surface area (Å²) in [6.45, 7) is 0. The van der Waals surface area contributed by atoms with Crippen molar-refractivity contribution in [1.29, 1.82) is 0 Å². The fourth-order valence-electron chi connectivity index (χ4n) is 4.24. The van der Waals surface area contributed by atoms with Crippen LogP contribution in [0.2, 0.25) is 0 Å². The third-order valence-corrected chi connectivity index (χ3v) is 5.78. The first-order valence-corrected chi connectivity index (χ1v) is 9.95. The number of H-pyrrole nitrogens is 1. The highest BCUT2D eigenvalue weighted by Crippen LogP contribution is 2.44. The van der Waals surface area contributed by atoms with Crippen molar-refractivity contribution in [1.82, 2.24) is 9.88 Å². The van der Waals surface area contributed by atoms with Crippen LogP contribution in [0.5, 0.6) is 11.5 Å². The molecule has 2 heterocycles. The summed E-state index contributed by atoms with van der Waals surface area (Å²) in [7, 11) is 3.07. The molecule has 2 aromatic carbocycles. The van der Waals surface area contributed by atoms with Crippen molar-refractivity contribution in [2.24, 2.45) is 0 Å². The highest BCUT2D eigenvalue weighted by atomic mass is 35.5. The molecule has 0 fully saturated rings. The molecule has 0 bridgehead atoms. The van der Waals surface area contributed by atoms with Gasteiger partial charge < -0.3 is 24.5 Å². The number of nitrogens with one attached hydrogen (secondary N) is 1. The van der Waals surface area contributed by atoms with E-state index in [1.54, 1.807) is 25.3 Å². The first-order chi connectivity index (χ1) is 14.5. The molecule has 2 atom stereocenters. The Bertz CT molecular complexity index is 1130. The van der Waals surface area contributed by atoms with E-state index in [2.05, 4.69) is 4.98 Å². The molecule has 1 aliphatic rings. The number of benzene rings is 2. The number of rotatable bonds is 5. The van der Waals surface area contributed by atoms with Gasteiger partial charge in [0.25, 0.3) is 0 Å². The van der Waals surface area contributed by atoms with Gasteiger partial charge in [0.1, 0.15) is 29.5 Å². The summed E-state index contributed by atoms with van der Waals surface area (Å²) in [6.07, 6.45) is 0.181. The lowest BCUT2D eigenvalue weighted by molar-refractivity contribution is -0.151. The van der Waals surface area contributed by atoms with E-state index in [1.165, 1.54) is 12.0 Å². The lowest BCUT2D eigenvalue weighted by atomic mass is 9.87. The zero-order valence-corrected chi connectivity index (χ0v) is 17.3. The number of nitrogens with zero attached hydrogens (tertiary/aromatic N) is 1. The van der Waals surface area contributed by atoms with Gasteiger partial charge in [-0.25, -0.2) is 4.79 Å². The number of para-hydroxylation sites is 1. The Morgan fingerprint density at radius 2 is 1.97 bits per heavy atom. The molecule has 7 nitrogen and oxygen atoms in total. The SMILES string of the molecule is COc1ccc(OC)c([C@H]2c3[nH]c4ccccc4c3C[C@H](C(=O)O)N2C(=O)CCl)c1. The average Bonchev–Trinajstić information content (AvgIpc) is 3.15. The maximum atomic E-state index is 12.9. The Labute approximate surface area is 178 Å². The van der Waals surface area contributed by atoms with E-state index in [1.807, 2.05) is 24.3 Å². The maximum absolute atomic E-state index is 12.9. The Balaban J connectivity index is 2.04. The fourth-order valence-corrected chi connectivity index (χ4v) is 4.37. The summed E-state index contributed by atoms with van der Waals surface area (Å²) in [6, 6.07) is 11.1. The smallest absolute Gasteiger partial charge is 0.326 e. The third kappa shape index (κ3) is 3.15.